The van der Waals surface area contributed by atoms with Gasteiger partial charge in [-0.1, -0.05) is 121 Å². The lowest BCUT2D eigenvalue weighted by Crippen LogP contribution is -2.66. The minimum Gasteiger partial charge on any atom is -0.484 e. The summed E-state index contributed by atoms with van der Waals surface area (Å²) in [5.74, 6) is -0.666. The van der Waals surface area contributed by atoms with Crippen LogP contribution < -0.4 is 20.1 Å². The molecule has 2 aromatic rings. The van der Waals surface area contributed by atoms with E-state index in [1.54, 1.807) is 4.90 Å². The Morgan fingerprint density at radius 1 is 0.810 bits per heavy atom. The Kier molecular flexibility index (Phi) is 14.4. The fraction of sp³-hybridized carbons (Fsp3) is 0.630. The highest BCUT2D eigenvalue weighted by molar-refractivity contribution is 6.84. The molecule has 4 aliphatic rings. The minimum atomic E-state index is -3.21. The van der Waals surface area contributed by atoms with Crippen LogP contribution in [0.4, 0.5) is 0 Å². The van der Waals surface area contributed by atoms with Gasteiger partial charge in [0.25, 0.3) is 11.8 Å². The molecular formula is C46H69N5O10Si2. The Morgan fingerprint density at radius 3 is 1.84 bits per heavy atom. The first-order chi connectivity index (χ1) is 29.4. The molecule has 2 aromatic carbocycles. The van der Waals surface area contributed by atoms with Gasteiger partial charge in [0.1, 0.15) is 23.7 Å². The number of benzene rings is 2. The Bertz CT molecular complexity index is 2000. The number of carbonyl (C=O) groups excluding carboxylic acids is 3. The highest BCUT2D eigenvalue weighted by Gasteiger charge is 2.63. The molecule has 2 N–H and O–H groups in total. The van der Waals surface area contributed by atoms with Crippen molar-refractivity contribution in [3.63, 3.8) is 0 Å². The second-order valence-electron chi connectivity index (χ2n) is 20.3. The van der Waals surface area contributed by atoms with Crippen molar-refractivity contribution in [1.29, 1.82) is 0 Å². The molecule has 6 rings (SSSR count). The Balaban J connectivity index is 1.28. The van der Waals surface area contributed by atoms with Gasteiger partial charge in [0.15, 0.2) is 37.8 Å². The Hall–Kier alpha value is -4.14. The molecule has 2 fully saturated rings. The summed E-state index contributed by atoms with van der Waals surface area (Å²) >= 11 is 0. The molecule has 346 valence electrons. The van der Waals surface area contributed by atoms with Crippen molar-refractivity contribution < 1.29 is 46.3 Å². The van der Waals surface area contributed by atoms with E-state index in [0.717, 1.165) is 11.1 Å². The van der Waals surface area contributed by atoms with Crippen LogP contribution in [-0.4, -0.2) is 109 Å². The van der Waals surface area contributed by atoms with Crippen molar-refractivity contribution in [3.05, 3.63) is 59.7 Å². The lowest BCUT2D eigenvalue weighted by Gasteiger charge is -2.51. The number of nitrogens with one attached hydrogen (secondary N) is 2. The van der Waals surface area contributed by atoms with Crippen LogP contribution in [-0.2, 0) is 47.7 Å². The van der Waals surface area contributed by atoms with Gasteiger partial charge in [-0.25, -0.2) is 9.79 Å². The monoisotopic (exact) mass is 907 g/mol. The van der Waals surface area contributed by atoms with Crippen molar-refractivity contribution in [2.45, 2.75) is 167 Å². The van der Waals surface area contributed by atoms with Crippen LogP contribution >= 0.6 is 0 Å². The van der Waals surface area contributed by atoms with Crippen molar-refractivity contribution in [1.82, 2.24) is 15.5 Å². The topological polar surface area (TPSA) is 168 Å². The molecule has 17 heteroatoms. The summed E-state index contributed by atoms with van der Waals surface area (Å²) in [7, 11) is -6.16. The number of hydrogen-bond acceptors (Lipinski definition) is 13. The van der Waals surface area contributed by atoms with Crippen molar-refractivity contribution in [2.24, 2.45) is 9.98 Å². The average Bonchev–Trinajstić information content (AvgIpc) is 3.76. The van der Waals surface area contributed by atoms with Gasteiger partial charge < -0.3 is 36.8 Å². The van der Waals surface area contributed by atoms with E-state index >= 15 is 0 Å². The maximum atomic E-state index is 13.9. The van der Waals surface area contributed by atoms with Crippen LogP contribution in [0.1, 0.15) is 108 Å². The minimum absolute atomic E-state index is 0.0126. The summed E-state index contributed by atoms with van der Waals surface area (Å²) in [5.41, 5.74) is 2.35. The molecule has 6 atom stereocenters. The summed E-state index contributed by atoms with van der Waals surface area (Å²) in [6.07, 6.45) is -3.07. The maximum Gasteiger partial charge on any atom is 0.344 e. The summed E-state index contributed by atoms with van der Waals surface area (Å²) < 4.78 is 46.8. The number of amides is 2. The molecule has 0 saturated carbocycles. The van der Waals surface area contributed by atoms with E-state index in [4.69, 9.17) is 36.9 Å². The van der Waals surface area contributed by atoms with Crippen LogP contribution in [0.15, 0.2) is 58.5 Å². The van der Waals surface area contributed by atoms with Crippen LogP contribution in [0.25, 0.3) is 0 Å². The molecule has 0 radical (unpaired) electrons. The van der Waals surface area contributed by atoms with Crippen molar-refractivity contribution >= 4 is 47.2 Å². The highest BCUT2D eigenvalue weighted by Crippen LogP contribution is 2.48. The molecule has 0 aromatic heterocycles. The zero-order chi connectivity index (χ0) is 46.2. The van der Waals surface area contributed by atoms with Crippen LogP contribution in [0.5, 0.6) is 11.5 Å². The largest absolute Gasteiger partial charge is 0.484 e. The molecule has 2 saturated heterocycles. The number of nitrogens with zero attached hydrogens (tertiary/aromatic N) is 3. The molecule has 0 bridgehead atoms. The first kappa shape index (κ1) is 48.3. The number of guanidine groups is 1. The van der Waals surface area contributed by atoms with Gasteiger partial charge in [0.2, 0.25) is 5.96 Å². The Morgan fingerprint density at radius 2 is 1.33 bits per heavy atom. The summed E-state index contributed by atoms with van der Waals surface area (Å²) in [6.45, 7) is 29.2. The third kappa shape index (κ3) is 10.4. The van der Waals surface area contributed by atoms with E-state index < -0.39 is 71.7 Å². The smallest absolute Gasteiger partial charge is 0.344 e. The van der Waals surface area contributed by atoms with Gasteiger partial charge in [0, 0.05) is 0 Å². The SMILES string of the molecule is CC(C)[Si]1(C(C)C)OC[C@H]2O[C@@H](N3C=N[C@H]4C(=O)NC(NC(=O)COc5ccc(C(C)(C)C)cc5)=N[C@H]43)[C@H](OC(=O)COc3ccc(C(C)(C)C)cc3)[C@@H]2O[Si](C(C)C)(C(C)C)O1. The first-order valence-electron chi connectivity index (χ1n) is 22.3. The van der Waals surface area contributed by atoms with E-state index in [-0.39, 0.29) is 58.8 Å². The molecule has 15 nitrogen and oxygen atoms in total. The molecule has 4 heterocycles. The molecular weight excluding hydrogens is 839 g/mol. The van der Waals surface area contributed by atoms with Gasteiger partial charge in [-0.15, -0.1) is 0 Å². The number of carbonyl (C=O) groups is 3. The summed E-state index contributed by atoms with van der Waals surface area (Å²) in [4.78, 5) is 51.6. The molecule has 0 aliphatic carbocycles. The predicted molar refractivity (Wildman–Crippen MR) is 245 cm³/mol. The predicted octanol–water partition coefficient (Wildman–Crippen LogP) is 6.97. The highest BCUT2D eigenvalue weighted by atomic mass is 28.5. The van der Waals surface area contributed by atoms with Gasteiger partial charge in [-0.3, -0.25) is 25.2 Å². The van der Waals surface area contributed by atoms with E-state index in [2.05, 4.69) is 113 Å². The second kappa shape index (κ2) is 18.8. The van der Waals surface area contributed by atoms with E-state index in [1.165, 1.54) is 6.34 Å². The van der Waals surface area contributed by atoms with Crippen LogP contribution in [0, 0.1) is 0 Å². The van der Waals surface area contributed by atoms with Gasteiger partial charge in [-0.2, -0.15) is 0 Å². The third-order valence-corrected chi connectivity index (χ3v) is 22.6. The lowest BCUT2D eigenvalue weighted by molar-refractivity contribution is -0.163. The van der Waals surface area contributed by atoms with E-state index in [9.17, 15) is 14.4 Å². The third-order valence-electron chi connectivity index (χ3n) is 12.3. The fourth-order valence-corrected chi connectivity index (χ4v) is 19.9. The molecule has 4 aliphatic heterocycles. The number of hydrogen-bond donors (Lipinski definition) is 2. The van der Waals surface area contributed by atoms with Crippen molar-refractivity contribution in [2.75, 3.05) is 19.8 Å². The fourth-order valence-electron chi connectivity index (χ4n) is 8.67. The lowest BCUT2D eigenvalue weighted by atomic mass is 9.87. The normalized spacial score (nSPS) is 25.6. The van der Waals surface area contributed by atoms with Crippen LogP contribution in [0.3, 0.4) is 0 Å². The number of ether oxygens (including phenoxy) is 4. The standard InChI is InChI=1S/C46H69N5O10Si2/c1-27(2)62(28(3)4)57-23-35-39(60-63(61-62,29(5)6)30(7)8)40(59-37(53)25-56-34-21-17-32(18-22-34)46(12,13)14)43(58-35)51-26-47-38-41(51)49-44(50-42(38)54)48-36(52)24-55-33-19-15-31(16-20-33)45(9,10)11/h15-22,26-30,35,38-41,43H,23-25H2,1-14H3,(H2,48,49,50,52,54)/t35-,38-,39-,40-,41+,43-/m1/s1. The molecule has 0 unspecified atom stereocenters. The number of aliphatic imine (C=N–C) groups is 2. The summed E-state index contributed by atoms with van der Waals surface area (Å²) in [5, 5.41) is 5.34. The van der Waals surface area contributed by atoms with Crippen molar-refractivity contribution in [3.8, 4) is 11.5 Å². The molecule has 2 amide bonds. The second-order valence-corrected chi connectivity index (χ2v) is 29.1. The van der Waals surface area contributed by atoms with E-state index in [1.807, 2.05) is 48.5 Å². The Labute approximate surface area is 375 Å². The van der Waals surface area contributed by atoms with Gasteiger partial charge in [-0.05, 0) is 68.4 Å². The summed E-state index contributed by atoms with van der Waals surface area (Å²) in [6, 6.07) is 14.2. The van der Waals surface area contributed by atoms with Crippen LogP contribution in [0.2, 0.25) is 22.2 Å². The van der Waals surface area contributed by atoms with Gasteiger partial charge in [0.05, 0.1) is 12.9 Å². The zero-order valence-corrected chi connectivity index (χ0v) is 41.5. The molecule has 0 spiro atoms. The number of esters is 1. The number of fused-ring (bicyclic) bond motifs is 2. The zero-order valence-electron chi connectivity index (χ0n) is 39.5. The van der Waals surface area contributed by atoms with Gasteiger partial charge >= 0.3 is 23.1 Å². The first-order valence-corrected chi connectivity index (χ1v) is 26.2. The number of rotatable bonds is 12. The maximum absolute atomic E-state index is 13.9. The molecule has 63 heavy (non-hydrogen) atoms. The van der Waals surface area contributed by atoms with E-state index in [0.29, 0.717) is 11.5 Å². The quantitative estimate of drug-likeness (QED) is 0.167. The average molecular weight is 908 g/mol.